The zero-order valence-electron chi connectivity index (χ0n) is 14.4. The summed E-state index contributed by atoms with van der Waals surface area (Å²) in [5, 5.41) is -0.124. The predicted molar refractivity (Wildman–Crippen MR) is 96.0 cm³/mol. The lowest BCUT2D eigenvalue weighted by Crippen LogP contribution is -2.17. The van der Waals surface area contributed by atoms with Crippen molar-refractivity contribution in [3.8, 4) is 0 Å². The van der Waals surface area contributed by atoms with Crippen LogP contribution in [0.3, 0.4) is 0 Å². The van der Waals surface area contributed by atoms with Gasteiger partial charge in [-0.1, -0.05) is 43.0 Å². The van der Waals surface area contributed by atoms with Gasteiger partial charge < -0.3 is 9.72 Å². The van der Waals surface area contributed by atoms with Gasteiger partial charge in [0.2, 0.25) is 0 Å². The fraction of sp³-hybridized carbons (Fsp3) is 0.333. The van der Waals surface area contributed by atoms with E-state index >= 15 is 0 Å². The van der Waals surface area contributed by atoms with Gasteiger partial charge in [0.05, 0.1) is 24.5 Å². The first-order valence-electron chi connectivity index (χ1n) is 7.89. The van der Waals surface area contributed by atoms with Gasteiger partial charge in [-0.05, 0) is 18.9 Å². The van der Waals surface area contributed by atoms with E-state index in [1.165, 1.54) is 18.7 Å². The van der Waals surface area contributed by atoms with Crippen LogP contribution in [0, 0.1) is 0 Å². The minimum Gasteiger partial charge on any atom is -0.469 e. The molecule has 0 saturated carbocycles. The molecular weight excluding hydrogens is 340 g/mol. The lowest BCUT2D eigenvalue weighted by Gasteiger charge is -2.10. The molecule has 0 aliphatic carbocycles. The SMILES string of the molecule is CCc1ccc(C(=O)[C@H](C)Sc2nc(CC(=O)OC)cc(=O)[nH]2)cc1. The highest BCUT2D eigenvalue weighted by Gasteiger charge is 2.18. The van der Waals surface area contributed by atoms with Crippen molar-refractivity contribution < 1.29 is 14.3 Å². The maximum Gasteiger partial charge on any atom is 0.311 e. The molecule has 1 heterocycles. The van der Waals surface area contributed by atoms with Gasteiger partial charge in [0.15, 0.2) is 10.9 Å². The number of H-pyrrole nitrogens is 1. The fourth-order valence-corrected chi connectivity index (χ4v) is 3.12. The van der Waals surface area contributed by atoms with E-state index in [2.05, 4.69) is 21.6 Å². The number of methoxy groups -OCH3 is 1. The van der Waals surface area contributed by atoms with Gasteiger partial charge in [-0.2, -0.15) is 0 Å². The second-order valence-corrected chi connectivity index (χ2v) is 6.80. The van der Waals surface area contributed by atoms with Crippen molar-refractivity contribution >= 4 is 23.5 Å². The smallest absolute Gasteiger partial charge is 0.311 e. The molecule has 6 nitrogen and oxygen atoms in total. The van der Waals surface area contributed by atoms with Gasteiger partial charge in [-0.25, -0.2) is 4.98 Å². The summed E-state index contributed by atoms with van der Waals surface area (Å²) in [7, 11) is 1.27. The van der Waals surface area contributed by atoms with Crippen LogP contribution in [-0.2, 0) is 22.4 Å². The molecular formula is C18H20N2O4S. The molecule has 2 rings (SSSR count). The molecule has 2 aromatic rings. The number of carbonyl (C=O) groups excluding carboxylic acids is 2. The third kappa shape index (κ3) is 5.29. The molecule has 0 aliphatic heterocycles. The summed E-state index contributed by atoms with van der Waals surface area (Å²) >= 11 is 1.15. The molecule has 0 radical (unpaired) electrons. The van der Waals surface area contributed by atoms with Gasteiger partial charge in [-0.15, -0.1) is 0 Å². The van der Waals surface area contributed by atoms with Crippen LogP contribution in [0.2, 0.25) is 0 Å². The number of nitrogens with zero attached hydrogens (tertiary/aromatic N) is 1. The maximum atomic E-state index is 12.5. The average molecular weight is 360 g/mol. The molecule has 0 bridgehead atoms. The Bertz CT molecular complexity index is 815. The topological polar surface area (TPSA) is 89.1 Å². The maximum absolute atomic E-state index is 12.5. The Labute approximate surface area is 150 Å². The van der Waals surface area contributed by atoms with E-state index < -0.39 is 11.2 Å². The number of Topliss-reactive ketones (excluding diaryl/α,β-unsaturated/α-hetero) is 1. The third-order valence-corrected chi connectivity index (χ3v) is 4.61. The first-order chi connectivity index (χ1) is 11.9. The van der Waals surface area contributed by atoms with E-state index in [1.54, 1.807) is 6.92 Å². The van der Waals surface area contributed by atoms with Gasteiger partial charge in [0, 0.05) is 11.6 Å². The van der Waals surface area contributed by atoms with Crippen molar-refractivity contribution in [2.45, 2.75) is 37.1 Å². The summed E-state index contributed by atoms with van der Waals surface area (Å²) in [6, 6.07) is 8.73. The molecule has 1 atom stereocenters. The minimum atomic E-state index is -0.478. The van der Waals surface area contributed by atoms with Crippen molar-refractivity contribution in [2.75, 3.05) is 7.11 Å². The standard InChI is InChI=1S/C18H20N2O4S/c1-4-12-5-7-13(8-6-12)17(23)11(2)25-18-19-14(9-15(21)20-18)10-16(22)24-3/h5-9,11H,4,10H2,1-3H3,(H,19,20,21)/t11-/m0/s1. The molecule has 25 heavy (non-hydrogen) atoms. The molecule has 1 aromatic heterocycles. The van der Waals surface area contributed by atoms with Gasteiger partial charge in [0.1, 0.15) is 0 Å². The summed E-state index contributed by atoms with van der Waals surface area (Å²) < 4.78 is 4.58. The summed E-state index contributed by atoms with van der Waals surface area (Å²) in [4.78, 5) is 42.4. The normalized spacial score (nSPS) is 11.8. The van der Waals surface area contributed by atoms with Crippen LogP contribution in [0.25, 0.3) is 0 Å². The monoisotopic (exact) mass is 360 g/mol. The average Bonchev–Trinajstić information content (AvgIpc) is 2.60. The van der Waals surface area contributed by atoms with Crippen molar-refractivity contribution in [3.63, 3.8) is 0 Å². The van der Waals surface area contributed by atoms with E-state index in [1.807, 2.05) is 24.3 Å². The number of rotatable bonds is 7. The zero-order chi connectivity index (χ0) is 18.4. The molecule has 0 fully saturated rings. The van der Waals surface area contributed by atoms with E-state index in [4.69, 9.17) is 0 Å². The van der Waals surface area contributed by atoms with Crippen molar-refractivity contribution in [1.82, 2.24) is 9.97 Å². The summed E-state index contributed by atoms with van der Waals surface area (Å²) in [5.41, 5.74) is 1.72. The zero-order valence-corrected chi connectivity index (χ0v) is 15.2. The Kier molecular flexibility index (Phi) is 6.52. The van der Waals surface area contributed by atoms with Crippen LogP contribution in [0.4, 0.5) is 0 Å². The highest BCUT2D eigenvalue weighted by atomic mass is 32.2. The third-order valence-electron chi connectivity index (χ3n) is 3.63. The Balaban J connectivity index is 2.13. The summed E-state index contributed by atoms with van der Waals surface area (Å²) in [5.74, 6) is -0.525. The van der Waals surface area contributed by atoms with Gasteiger partial charge in [-0.3, -0.25) is 14.4 Å². The number of thioether (sulfide) groups is 1. The molecule has 1 N–H and O–H groups in total. The van der Waals surface area contributed by atoms with Crippen molar-refractivity contribution in [3.05, 3.63) is 57.5 Å². The molecule has 0 amide bonds. The predicted octanol–water partition coefficient (Wildman–Crippen LogP) is 2.41. The van der Waals surface area contributed by atoms with Crippen LogP contribution in [0.5, 0.6) is 0 Å². The van der Waals surface area contributed by atoms with E-state index in [-0.39, 0.29) is 17.8 Å². The number of ether oxygens (including phenoxy) is 1. The Morgan fingerprint density at radius 1 is 1.28 bits per heavy atom. The number of esters is 1. The quantitative estimate of drug-likeness (QED) is 0.353. The Hall–Kier alpha value is -2.41. The van der Waals surface area contributed by atoms with E-state index in [9.17, 15) is 14.4 Å². The highest BCUT2D eigenvalue weighted by Crippen LogP contribution is 2.22. The van der Waals surface area contributed by atoms with Crippen LogP contribution in [-0.4, -0.2) is 34.1 Å². The highest BCUT2D eigenvalue weighted by molar-refractivity contribution is 8.00. The van der Waals surface area contributed by atoms with Crippen LogP contribution < -0.4 is 5.56 Å². The summed E-state index contributed by atoms with van der Waals surface area (Å²) in [6.45, 7) is 3.81. The molecule has 1 aromatic carbocycles. The number of hydrogen-bond acceptors (Lipinski definition) is 6. The first kappa shape index (κ1) is 18.9. The number of hydrogen-bond donors (Lipinski definition) is 1. The minimum absolute atomic E-state index is 0.0475. The van der Waals surface area contributed by atoms with E-state index in [0.29, 0.717) is 16.4 Å². The molecule has 0 unspecified atom stereocenters. The number of aryl methyl sites for hydroxylation is 1. The number of ketones is 1. The van der Waals surface area contributed by atoms with Crippen LogP contribution in [0.1, 0.15) is 35.5 Å². The van der Waals surface area contributed by atoms with E-state index in [0.717, 1.165) is 18.2 Å². The number of aromatic amines is 1. The fourth-order valence-electron chi connectivity index (χ4n) is 2.21. The molecule has 132 valence electrons. The largest absolute Gasteiger partial charge is 0.469 e. The van der Waals surface area contributed by atoms with Crippen molar-refractivity contribution in [1.29, 1.82) is 0 Å². The summed E-state index contributed by atoms with van der Waals surface area (Å²) in [6.07, 6.45) is 0.825. The van der Waals surface area contributed by atoms with Crippen molar-refractivity contribution in [2.24, 2.45) is 0 Å². The molecule has 0 saturated heterocycles. The number of aromatic nitrogens is 2. The second kappa shape index (κ2) is 8.62. The first-order valence-corrected chi connectivity index (χ1v) is 8.77. The number of carbonyl (C=O) groups is 2. The lowest BCUT2D eigenvalue weighted by atomic mass is 10.1. The van der Waals surface area contributed by atoms with Gasteiger partial charge >= 0.3 is 5.97 Å². The Morgan fingerprint density at radius 2 is 1.96 bits per heavy atom. The number of nitrogens with one attached hydrogen (secondary N) is 1. The molecule has 0 aliphatic rings. The van der Waals surface area contributed by atoms with Gasteiger partial charge in [0.25, 0.3) is 5.56 Å². The Morgan fingerprint density at radius 3 is 2.56 bits per heavy atom. The molecule has 7 heteroatoms. The molecule has 0 spiro atoms. The van der Waals surface area contributed by atoms with Crippen LogP contribution >= 0.6 is 11.8 Å². The number of benzene rings is 1. The second-order valence-electron chi connectivity index (χ2n) is 5.47. The lowest BCUT2D eigenvalue weighted by molar-refractivity contribution is -0.139. The van der Waals surface area contributed by atoms with Crippen LogP contribution in [0.15, 0.2) is 40.3 Å².